The largest absolute Gasteiger partial charge is 0.480 e. The van der Waals surface area contributed by atoms with Gasteiger partial charge in [0.2, 0.25) is 5.91 Å². The highest BCUT2D eigenvalue weighted by Crippen LogP contribution is 2.24. The van der Waals surface area contributed by atoms with Gasteiger partial charge in [0.25, 0.3) is 0 Å². The van der Waals surface area contributed by atoms with Gasteiger partial charge in [-0.3, -0.25) is 4.79 Å². The van der Waals surface area contributed by atoms with Crippen LogP contribution in [0.1, 0.15) is 31.2 Å². The van der Waals surface area contributed by atoms with Gasteiger partial charge in [-0.2, -0.15) is 0 Å². The average molecular weight is 247 g/mol. The first-order valence-corrected chi connectivity index (χ1v) is 6.17. The van der Waals surface area contributed by atoms with Crippen LogP contribution in [0.3, 0.4) is 0 Å². The summed E-state index contributed by atoms with van der Waals surface area (Å²) in [5.41, 5.74) is 1.13. The van der Waals surface area contributed by atoms with Gasteiger partial charge in [-0.1, -0.05) is 37.3 Å². The highest BCUT2D eigenvalue weighted by Gasteiger charge is 2.36. The molecule has 1 aromatic rings. The van der Waals surface area contributed by atoms with Crippen LogP contribution in [-0.2, 0) is 9.59 Å². The Labute approximate surface area is 106 Å². The molecule has 1 fully saturated rings. The highest BCUT2D eigenvalue weighted by atomic mass is 16.4. The van der Waals surface area contributed by atoms with E-state index in [9.17, 15) is 9.59 Å². The maximum absolute atomic E-state index is 11.7. The van der Waals surface area contributed by atoms with Crippen molar-refractivity contribution in [1.82, 2.24) is 4.90 Å². The minimum Gasteiger partial charge on any atom is -0.480 e. The van der Waals surface area contributed by atoms with Crippen LogP contribution in [-0.4, -0.2) is 34.5 Å². The molecule has 2 unspecified atom stereocenters. The van der Waals surface area contributed by atoms with E-state index in [1.807, 2.05) is 37.3 Å². The number of nitrogens with zero attached hydrogens (tertiary/aromatic N) is 1. The van der Waals surface area contributed by atoms with Crippen molar-refractivity contribution in [1.29, 1.82) is 0 Å². The van der Waals surface area contributed by atoms with Crippen LogP contribution in [0, 0.1) is 0 Å². The maximum Gasteiger partial charge on any atom is 0.326 e. The molecular weight excluding hydrogens is 230 g/mol. The molecule has 1 heterocycles. The number of rotatable bonds is 4. The Morgan fingerprint density at radius 2 is 2.11 bits per heavy atom. The summed E-state index contributed by atoms with van der Waals surface area (Å²) in [6, 6.07) is 9.20. The Balaban J connectivity index is 2.08. The number of benzene rings is 1. The van der Waals surface area contributed by atoms with Crippen molar-refractivity contribution in [2.75, 3.05) is 6.54 Å². The summed E-state index contributed by atoms with van der Waals surface area (Å²) in [4.78, 5) is 24.3. The first kappa shape index (κ1) is 12.6. The lowest BCUT2D eigenvalue weighted by Gasteiger charge is -2.25. The molecule has 0 spiro atoms. The van der Waals surface area contributed by atoms with E-state index in [0.29, 0.717) is 19.4 Å². The van der Waals surface area contributed by atoms with Crippen LogP contribution in [0.5, 0.6) is 0 Å². The number of carbonyl (C=O) groups is 2. The summed E-state index contributed by atoms with van der Waals surface area (Å²) in [7, 11) is 0. The van der Waals surface area contributed by atoms with E-state index in [1.54, 1.807) is 0 Å². The molecule has 96 valence electrons. The Morgan fingerprint density at radius 3 is 2.72 bits per heavy atom. The van der Waals surface area contributed by atoms with Crippen LogP contribution >= 0.6 is 0 Å². The molecule has 1 aliphatic heterocycles. The zero-order chi connectivity index (χ0) is 13.1. The number of carboxylic acid groups (broad SMARTS) is 1. The second-order valence-electron chi connectivity index (χ2n) is 4.75. The second-order valence-corrected chi connectivity index (χ2v) is 4.75. The molecule has 1 aromatic carbocycles. The molecule has 4 heteroatoms. The summed E-state index contributed by atoms with van der Waals surface area (Å²) >= 11 is 0. The Morgan fingerprint density at radius 1 is 1.44 bits per heavy atom. The highest BCUT2D eigenvalue weighted by molar-refractivity contribution is 5.87. The quantitative estimate of drug-likeness (QED) is 0.883. The number of hydrogen-bond acceptors (Lipinski definition) is 2. The molecule has 4 nitrogen and oxygen atoms in total. The summed E-state index contributed by atoms with van der Waals surface area (Å²) < 4.78 is 0. The Bertz CT molecular complexity index is 444. The van der Waals surface area contributed by atoms with Crippen LogP contribution in [0.25, 0.3) is 0 Å². The first-order valence-electron chi connectivity index (χ1n) is 6.17. The van der Waals surface area contributed by atoms with Crippen molar-refractivity contribution in [3.63, 3.8) is 0 Å². The zero-order valence-corrected chi connectivity index (χ0v) is 10.4. The normalized spacial score (nSPS) is 21.1. The molecule has 18 heavy (non-hydrogen) atoms. The van der Waals surface area contributed by atoms with Crippen molar-refractivity contribution >= 4 is 11.9 Å². The van der Waals surface area contributed by atoms with E-state index in [-0.39, 0.29) is 11.8 Å². The van der Waals surface area contributed by atoms with E-state index in [1.165, 1.54) is 4.90 Å². The minimum atomic E-state index is -0.902. The summed E-state index contributed by atoms with van der Waals surface area (Å²) in [6.07, 6.45) is 0.772. The molecule has 1 saturated heterocycles. The Hall–Kier alpha value is -1.84. The van der Waals surface area contributed by atoms with Crippen molar-refractivity contribution in [3.8, 4) is 0 Å². The van der Waals surface area contributed by atoms with E-state index >= 15 is 0 Å². The monoisotopic (exact) mass is 247 g/mol. The molecule has 1 N–H and O–H groups in total. The van der Waals surface area contributed by atoms with Crippen LogP contribution in [0.4, 0.5) is 0 Å². The van der Waals surface area contributed by atoms with Gasteiger partial charge in [0.15, 0.2) is 0 Å². The molecule has 0 aromatic heterocycles. The summed E-state index contributed by atoms with van der Waals surface area (Å²) in [5.74, 6) is -0.804. The van der Waals surface area contributed by atoms with Gasteiger partial charge in [0.1, 0.15) is 6.04 Å². The number of amides is 1. The fourth-order valence-corrected chi connectivity index (χ4v) is 2.40. The van der Waals surface area contributed by atoms with Crippen molar-refractivity contribution in [3.05, 3.63) is 35.9 Å². The van der Waals surface area contributed by atoms with Gasteiger partial charge in [0.05, 0.1) is 0 Å². The van der Waals surface area contributed by atoms with Crippen LogP contribution < -0.4 is 0 Å². The van der Waals surface area contributed by atoms with Crippen molar-refractivity contribution in [2.24, 2.45) is 0 Å². The molecule has 2 atom stereocenters. The molecule has 0 aliphatic carbocycles. The third kappa shape index (κ3) is 2.53. The smallest absolute Gasteiger partial charge is 0.326 e. The van der Waals surface area contributed by atoms with Gasteiger partial charge in [-0.25, -0.2) is 4.79 Å². The third-order valence-electron chi connectivity index (χ3n) is 3.45. The number of hydrogen-bond donors (Lipinski definition) is 1. The van der Waals surface area contributed by atoms with Crippen molar-refractivity contribution in [2.45, 2.75) is 31.7 Å². The van der Waals surface area contributed by atoms with Gasteiger partial charge in [0, 0.05) is 13.0 Å². The molecule has 0 saturated carbocycles. The molecular formula is C14H17NO3. The average Bonchev–Trinajstić information content (AvgIpc) is 2.72. The number of likely N-dealkylation sites (tertiary alicyclic amines) is 1. The Kier molecular flexibility index (Phi) is 3.65. The van der Waals surface area contributed by atoms with Gasteiger partial charge in [-0.05, 0) is 17.9 Å². The maximum atomic E-state index is 11.7. The van der Waals surface area contributed by atoms with Crippen LogP contribution in [0.2, 0.25) is 0 Å². The lowest BCUT2D eigenvalue weighted by Crippen LogP contribution is -2.40. The topological polar surface area (TPSA) is 57.6 Å². The summed E-state index contributed by atoms with van der Waals surface area (Å²) in [6.45, 7) is 2.49. The predicted molar refractivity (Wildman–Crippen MR) is 67.2 cm³/mol. The third-order valence-corrected chi connectivity index (χ3v) is 3.45. The van der Waals surface area contributed by atoms with E-state index in [2.05, 4.69) is 0 Å². The molecule has 1 aliphatic rings. The zero-order valence-electron chi connectivity index (χ0n) is 10.4. The first-order chi connectivity index (χ1) is 8.59. The fourth-order valence-electron chi connectivity index (χ4n) is 2.40. The lowest BCUT2D eigenvalue weighted by molar-refractivity contribution is -0.146. The second kappa shape index (κ2) is 5.21. The SMILES string of the molecule is CC(CN1C(=O)CCC1C(=O)O)c1ccccc1. The molecule has 1 amide bonds. The van der Waals surface area contributed by atoms with Gasteiger partial charge >= 0.3 is 5.97 Å². The number of aliphatic carboxylic acids is 1. The number of carbonyl (C=O) groups excluding carboxylic acids is 1. The summed E-state index contributed by atoms with van der Waals surface area (Å²) in [5, 5.41) is 9.09. The molecule has 0 radical (unpaired) electrons. The molecule has 2 rings (SSSR count). The number of carboxylic acids is 1. The van der Waals surface area contributed by atoms with Crippen LogP contribution in [0.15, 0.2) is 30.3 Å². The van der Waals surface area contributed by atoms with Gasteiger partial charge < -0.3 is 10.0 Å². The van der Waals surface area contributed by atoms with E-state index < -0.39 is 12.0 Å². The minimum absolute atomic E-state index is 0.0508. The predicted octanol–water partition coefficient (Wildman–Crippen LogP) is 1.87. The van der Waals surface area contributed by atoms with E-state index in [0.717, 1.165) is 5.56 Å². The fraction of sp³-hybridized carbons (Fsp3) is 0.429. The van der Waals surface area contributed by atoms with E-state index in [4.69, 9.17) is 5.11 Å². The lowest BCUT2D eigenvalue weighted by atomic mass is 10.0. The molecule has 0 bridgehead atoms. The van der Waals surface area contributed by atoms with Crippen molar-refractivity contribution < 1.29 is 14.7 Å². The standard InChI is InChI=1S/C14H17NO3/c1-10(11-5-3-2-4-6-11)9-15-12(14(17)18)7-8-13(15)16/h2-6,10,12H,7-9H2,1H3,(H,17,18). The van der Waals surface area contributed by atoms with Gasteiger partial charge in [-0.15, -0.1) is 0 Å².